The predicted octanol–water partition coefficient (Wildman–Crippen LogP) is 0.769. The fourth-order valence-corrected chi connectivity index (χ4v) is 4.16. The summed E-state index contributed by atoms with van der Waals surface area (Å²) in [5, 5.41) is 3.30. The van der Waals surface area contributed by atoms with E-state index in [0.717, 1.165) is 25.2 Å². The van der Waals surface area contributed by atoms with E-state index in [1.165, 1.54) is 4.90 Å². The summed E-state index contributed by atoms with van der Waals surface area (Å²) in [6, 6.07) is 0. The van der Waals surface area contributed by atoms with Crippen LogP contribution in [0.1, 0.15) is 19.3 Å². The number of likely N-dealkylation sites (tertiary alicyclic amines) is 1. The lowest BCUT2D eigenvalue weighted by Crippen LogP contribution is -2.55. The molecule has 1 N–H and O–H groups in total. The van der Waals surface area contributed by atoms with Gasteiger partial charge in [-0.15, -0.1) is 0 Å². The van der Waals surface area contributed by atoms with E-state index in [-0.39, 0.29) is 17.9 Å². The van der Waals surface area contributed by atoms with Gasteiger partial charge in [-0.2, -0.15) is 13.2 Å². The van der Waals surface area contributed by atoms with Gasteiger partial charge in [0.05, 0.1) is 6.54 Å². The molecule has 1 amide bonds. The van der Waals surface area contributed by atoms with Crippen molar-refractivity contribution >= 4 is 11.9 Å². The van der Waals surface area contributed by atoms with Gasteiger partial charge < -0.3 is 19.9 Å². The number of rotatable bonds is 4. The SMILES string of the molecule is CN=C(NCC1CCN(CC(F)(F)F)C1)N1CCN(C(=O)C2CCCO2)CC1. The minimum absolute atomic E-state index is 0.0795. The average molecular weight is 405 g/mol. The number of nitrogens with one attached hydrogen (secondary N) is 1. The van der Waals surface area contributed by atoms with Crippen molar-refractivity contribution in [2.24, 2.45) is 10.9 Å². The highest BCUT2D eigenvalue weighted by Gasteiger charge is 2.35. The number of carbonyl (C=O) groups is 1. The first-order chi connectivity index (χ1) is 13.4. The number of halogens is 3. The summed E-state index contributed by atoms with van der Waals surface area (Å²) >= 11 is 0. The Bertz CT molecular complexity index is 558. The molecule has 7 nitrogen and oxygen atoms in total. The molecule has 3 heterocycles. The van der Waals surface area contributed by atoms with Gasteiger partial charge in [0, 0.05) is 52.9 Å². The number of carbonyl (C=O) groups excluding carboxylic acids is 1. The number of guanidine groups is 1. The number of amides is 1. The fourth-order valence-electron chi connectivity index (χ4n) is 4.16. The van der Waals surface area contributed by atoms with E-state index < -0.39 is 12.7 Å². The summed E-state index contributed by atoms with van der Waals surface area (Å²) in [4.78, 5) is 22.2. The van der Waals surface area contributed by atoms with Crippen LogP contribution in [0.2, 0.25) is 0 Å². The molecule has 3 rings (SSSR count). The van der Waals surface area contributed by atoms with Crippen LogP contribution < -0.4 is 5.32 Å². The molecule has 0 spiro atoms. The highest BCUT2D eigenvalue weighted by atomic mass is 19.4. The summed E-state index contributed by atoms with van der Waals surface area (Å²) in [5.74, 6) is 1.01. The third-order valence-corrected chi connectivity index (χ3v) is 5.63. The first-order valence-corrected chi connectivity index (χ1v) is 10.0. The molecule has 3 aliphatic heterocycles. The van der Waals surface area contributed by atoms with Gasteiger partial charge in [-0.3, -0.25) is 14.7 Å². The Hall–Kier alpha value is -1.55. The molecule has 0 aromatic heterocycles. The molecule has 2 unspecified atom stereocenters. The zero-order valence-electron chi connectivity index (χ0n) is 16.4. The minimum atomic E-state index is -4.14. The van der Waals surface area contributed by atoms with Crippen LogP contribution in [0, 0.1) is 5.92 Å². The van der Waals surface area contributed by atoms with Crippen molar-refractivity contribution in [1.29, 1.82) is 0 Å². The topological polar surface area (TPSA) is 60.4 Å². The van der Waals surface area contributed by atoms with Crippen LogP contribution in [0.5, 0.6) is 0 Å². The summed E-state index contributed by atoms with van der Waals surface area (Å²) in [6.07, 6.45) is -1.93. The standard InChI is InChI=1S/C18H30F3N5O2/c1-22-17(23-11-14-4-5-24(12-14)13-18(19,20)21)26-8-6-25(7-9-26)16(27)15-3-2-10-28-15/h14-15H,2-13H2,1H3,(H,22,23). The van der Waals surface area contributed by atoms with Crippen molar-refractivity contribution in [3.05, 3.63) is 0 Å². The van der Waals surface area contributed by atoms with Gasteiger partial charge in [-0.05, 0) is 31.7 Å². The summed E-state index contributed by atoms with van der Waals surface area (Å²) in [7, 11) is 1.71. The van der Waals surface area contributed by atoms with Gasteiger partial charge >= 0.3 is 6.18 Å². The Morgan fingerprint density at radius 3 is 2.46 bits per heavy atom. The number of hydrogen-bond donors (Lipinski definition) is 1. The molecule has 0 aliphatic carbocycles. The van der Waals surface area contributed by atoms with E-state index in [1.807, 2.05) is 4.90 Å². The molecule has 28 heavy (non-hydrogen) atoms. The molecule has 0 aromatic carbocycles. The molecule has 10 heteroatoms. The zero-order chi connectivity index (χ0) is 20.1. The van der Waals surface area contributed by atoms with Crippen molar-refractivity contribution in [3.8, 4) is 0 Å². The lowest BCUT2D eigenvalue weighted by atomic mass is 10.1. The molecule has 160 valence electrons. The third kappa shape index (κ3) is 5.73. The Balaban J connectivity index is 1.40. The van der Waals surface area contributed by atoms with Crippen molar-refractivity contribution < 1.29 is 22.7 Å². The van der Waals surface area contributed by atoms with Crippen LogP contribution in [0.15, 0.2) is 4.99 Å². The number of aliphatic imine (C=N–C) groups is 1. The second-order valence-electron chi connectivity index (χ2n) is 7.75. The highest BCUT2D eigenvalue weighted by Crippen LogP contribution is 2.22. The third-order valence-electron chi connectivity index (χ3n) is 5.63. The van der Waals surface area contributed by atoms with E-state index in [2.05, 4.69) is 15.2 Å². The molecule has 3 fully saturated rings. The monoisotopic (exact) mass is 405 g/mol. The first-order valence-electron chi connectivity index (χ1n) is 10.0. The van der Waals surface area contributed by atoms with Gasteiger partial charge in [0.2, 0.25) is 0 Å². The van der Waals surface area contributed by atoms with Gasteiger partial charge in [-0.25, -0.2) is 0 Å². The lowest BCUT2D eigenvalue weighted by molar-refractivity contribution is -0.144. The van der Waals surface area contributed by atoms with Crippen molar-refractivity contribution in [3.63, 3.8) is 0 Å². The summed E-state index contributed by atoms with van der Waals surface area (Å²) in [6.45, 7) is 3.99. The Labute approximate surface area is 163 Å². The lowest BCUT2D eigenvalue weighted by Gasteiger charge is -2.37. The van der Waals surface area contributed by atoms with Gasteiger partial charge in [0.15, 0.2) is 5.96 Å². The van der Waals surface area contributed by atoms with E-state index in [1.54, 1.807) is 7.05 Å². The van der Waals surface area contributed by atoms with E-state index in [0.29, 0.717) is 52.4 Å². The van der Waals surface area contributed by atoms with Crippen molar-refractivity contribution in [1.82, 2.24) is 20.0 Å². The van der Waals surface area contributed by atoms with Crippen LogP contribution in [0.25, 0.3) is 0 Å². The molecule has 2 atom stereocenters. The van der Waals surface area contributed by atoms with Crippen molar-refractivity contribution in [2.45, 2.75) is 31.5 Å². The normalized spacial score (nSPS) is 27.5. The van der Waals surface area contributed by atoms with Crippen LogP contribution in [-0.2, 0) is 9.53 Å². The fraction of sp³-hybridized carbons (Fsp3) is 0.889. The Morgan fingerprint density at radius 1 is 1.14 bits per heavy atom. The molecule has 0 bridgehead atoms. The van der Waals surface area contributed by atoms with E-state index >= 15 is 0 Å². The molecular weight excluding hydrogens is 375 g/mol. The average Bonchev–Trinajstić information content (AvgIpc) is 3.33. The number of alkyl halides is 3. The number of piperazine rings is 1. The van der Waals surface area contributed by atoms with Crippen LogP contribution in [-0.4, -0.2) is 105 Å². The maximum absolute atomic E-state index is 12.5. The molecule has 0 radical (unpaired) electrons. The largest absolute Gasteiger partial charge is 0.401 e. The smallest absolute Gasteiger partial charge is 0.368 e. The first kappa shape index (κ1) is 21.2. The van der Waals surface area contributed by atoms with Crippen LogP contribution in [0.3, 0.4) is 0 Å². The number of hydrogen-bond acceptors (Lipinski definition) is 4. The number of ether oxygens (including phenoxy) is 1. The molecule has 3 saturated heterocycles. The predicted molar refractivity (Wildman–Crippen MR) is 99.1 cm³/mol. The van der Waals surface area contributed by atoms with Crippen molar-refractivity contribution in [2.75, 3.05) is 66.0 Å². The quantitative estimate of drug-likeness (QED) is 0.553. The van der Waals surface area contributed by atoms with Gasteiger partial charge in [0.1, 0.15) is 6.10 Å². The molecular formula is C18H30F3N5O2. The van der Waals surface area contributed by atoms with Gasteiger partial charge in [-0.1, -0.05) is 0 Å². The second-order valence-corrected chi connectivity index (χ2v) is 7.75. The minimum Gasteiger partial charge on any atom is -0.368 e. The zero-order valence-corrected chi connectivity index (χ0v) is 16.4. The molecule has 0 aromatic rings. The van der Waals surface area contributed by atoms with Crippen LogP contribution >= 0.6 is 0 Å². The molecule has 0 saturated carbocycles. The summed E-state index contributed by atoms with van der Waals surface area (Å²) < 4.78 is 43.0. The highest BCUT2D eigenvalue weighted by molar-refractivity contribution is 5.82. The molecule has 3 aliphatic rings. The maximum Gasteiger partial charge on any atom is 0.401 e. The Kier molecular flexibility index (Phi) is 7.03. The van der Waals surface area contributed by atoms with E-state index in [4.69, 9.17) is 4.74 Å². The number of nitrogens with zero attached hydrogens (tertiary/aromatic N) is 4. The van der Waals surface area contributed by atoms with E-state index in [9.17, 15) is 18.0 Å². The van der Waals surface area contributed by atoms with Gasteiger partial charge in [0.25, 0.3) is 5.91 Å². The summed E-state index contributed by atoms with van der Waals surface area (Å²) in [5.41, 5.74) is 0. The second kappa shape index (κ2) is 9.30. The van der Waals surface area contributed by atoms with Crippen LogP contribution in [0.4, 0.5) is 13.2 Å². The Morgan fingerprint density at radius 2 is 1.86 bits per heavy atom. The maximum atomic E-state index is 12.5.